The highest BCUT2D eigenvalue weighted by molar-refractivity contribution is 5.09. The highest BCUT2D eigenvalue weighted by Crippen LogP contribution is 2.16. The molecule has 0 aliphatic carbocycles. The van der Waals surface area contributed by atoms with Gasteiger partial charge in [-0.3, -0.25) is 4.90 Å². The first-order valence-electron chi connectivity index (χ1n) is 6.45. The number of rotatable bonds is 4. The predicted molar refractivity (Wildman–Crippen MR) is 68.9 cm³/mol. The van der Waals surface area contributed by atoms with E-state index in [1.54, 1.807) is 0 Å². The summed E-state index contributed by atoms with van der Waals surface area (Å²) in [5.41, 5.74) is 6.16. The molecule has 1 atom stereocenters. The van der Waals surface area contributed by atoms with E-state index >= 15 is 0 Å². The monoisotopic (exact) mass is 237 g/mol. The maximum Gasteiger partial charge on any atom is 0.122 e. The van der Waals surface area contributed by atoms with Gasteiger partial charge in [-0.2, -0.15) is 0 Å². The van der Waals surface area contributed by atoms with E-state index in [0.29, 0.717) is 0 Å². The van der Waals surface area contributed by atoms with Crippen LogP contribution in [0.1, 0.15) is 24.5 Å². The first kappa shape index (κ1) is 12.6. The van der Waals surface area contributed by atoms with E-state index in [-0.39, 0.29) is 6.04 Å². The van der Waals surface area contributed by atoms with Gasteiger partial charge >= 0.3 is 0 Å². The number of hydrogen-bond acceptors (Lipinski definition) is 4. The molecular formula is C13H23N3O. The number of hydrogen-bond donors (Lipinski definition) is 1. The molecule has 1 fully saturated rings. The Kier molecular flexibility index (Phi) is 4.20. The van der Waals surface area contributed by atoms with Gasteiger partial charge in [-0.05, 0) is 25.6 Å². The molecule has 96 valence electrons. The lowest BCUT2D eigenvalue weighted by atomic mass is 10.2. The van der Waals surface area contributed by atoms with E-state index < -0.39 is 0 Å². The fourth-order valence-electron chi connectivity index (χ4n) is 2.31. The SMILES string of the molecule is CCN1CCN(CC(N)c2ccc(C)o2)CC1. The molecule has 1 aliphatic rings. The molecular weight excluding hydrogens is 214 g/mol. The Morgan fingerprint density at radius 2 is 1.88 bits per heavy atom. The number of furan rings is 1. The lowest BCUT2D eigenvalue weighted by Crippen LogP contribution is -2.47. The zero-order valence-electron chi connectivity index (χ0n) is 10.9. The van der Waals surface area contributed by atoms with Gasteiger partial charge in [0.2, 0.25) is 0 Å². The van der Waals surface area contributed by atoms with E-state index in [0.717, 1.165) is 50.8 Å². The summed E-state index contributed by atoms with van der Waals surface area (Å²) in [6.07, 6.45) is 0. The molecule has 0 aromatic carbocycles. The van der Waals surface area contributed by atoms with Crippen LogP contribution in [0.4, 0.5) is 0 Å². The summed E-state index contributed by atoms with van der Waals surface area (Å²) in [6, 6.07) is 3.96. The first-order chi connectivity index (χ1) is 8.19. The van der Waals surface area contributed by atoms with Crippen LogP contribution in [0.2, 0.25) is 0 Å². The second-order valence-corrected chi connectivity index (χ2v) is 4.79. The van der Waals surface area contributed by atoms with Gasteiger partial charge in [-0.15, -0.1) is 0 Å². The normalized spacial score (nSPS) is 20.6. The Hall–Kier alpha value is -0.840. The minimum atomic E-state index is -0.00289. The first-order valence-corrected chi connectivity index (χ1v) is 6.45. The van der Waals surface area contributed by atoms with Crippen molar-refractivity contribution >= 4 is 0 Å². The Balaban J connectivity index is 1.81. The van der Waals surface area contributed by atoms with Crippen molar-refractivity contribution in [2.75, 3.05) is 39.3 Å². The van der Waals surface area contributed by atoms with Crippen molar-refractivity contribution in [1.82, 2.24) is 9.80 Å². The average molecular weight is 237 g/mol. The number of nitrogens with two attached hydrogens (primary N) is 1. The lowest BCUT2D eigenvalue weighted by Gasteiger charge is -2.34. The fourth-order valence-corrected chi connectivity index (χ4v) is 2.31. The van der Waals surface area contributed by atoms with Gasteiger partial charge in [0, 0.05) is 32.7 Å². The van der Waals surface area contributed by atoms with Crippen LogP contribution in [-0.4, -0.2) is 49.1 Å². The summed E-state index contributed by atoms with van der Waals surface area (Å²) in [5.74, 6) is 1.84. The molecule has 2 heterocycles. The van der Waals surface area contributed by atoms with Gasteiger partial charge in [-0.25, -0.2) is 0 Å². The molecule has 1 aliphatic heterocycles. The zero-order valence-corrected chi connectivity index (χ0v) is 10.9. The number of likely N-dealkylation sites (N-methyl/N-ethyl adjacent to an activating group) is 1. The molecule has 4 heteroatoms. The maximum atomic E-state index is 6.16. The fraction of sp³-hybridized carbons (Fsp3) is 0.692. The molecule has 1 aromatic heterocycles. The standard InChI is InChI=1S/C13H23N3O/c1-3-15-6-8-16(9-7-15)10-12(14)13-5-4-11(2)17-13/h4-5,12H,3,6-10,14H2,1-2H3. The minimum Gasteiger partial charge on any atom is -0.465 e. The molecule has 17 heavy (non-hydrogen) atoms. The molecule has 0 saturated carbocycles. The number of nitrogens with zero attached hydrogens (tertiary/aromatic N) is 2. The quantitative estimate of drug-likeness (QED) is 0.855. The van der Waals surface area contributed by atoms with Gasteiger partial charge in [-0.1, -0.05) is 6.92 Å². The minimum absolute atomic E-state index is 0.00289. The molecule has 4 nitrogen and oxygen atoms in total. The highest BCUT2D eigenvalue weighted by atomic mass is 16.3. The van der Waals surface area contributed by atoms with Crippen LogP contribution in [0, 0.1) is 6.92 Å². The maximum absolute atomic E-state index is 6.16. The molecule has 0 spiro atoms. The number of aryl methyl sites for hydroxylation is 1. The summed E-state index contributed by atoms with van der Waals surface area (Å²) in [4.78, 5) is 4.90. The van der Waals surface area contributed by atoms with Crippen LogP contribution in [0.25, 0.3) is 0 Å². The summed E-state index contributed by atoms with van der Waals surface area (Å²) in [5, 5.41) is 0. The van der Waals surface area contributed by atoms with Gasteiger partial charge in [0.1, 0.15) is 11.5 Å². The summed E-state index contributed by atoms with van der Waals surface area (Å²) in [6.45, 7) is 10.7. The Morgan fingerprint density at radius 3 is 2.41 bits per heavy atom. The van der Waals surface area contributed by atoms with E-state index in [2.05, 4.69) is 16.7 Å². The topological polar surface area (TPSA) is 45.6 Å². The molecule has 1 saturated heterocycles. The van der Waals surface area contributed by atoms with Crippen LogP contribution in [-0.2, 0) is 0 Å². The average Bonchev–Trinajstić information content (AvgIpc) is 2.77. The summed E-state index contributed by atoms with van der Waals surface area (Å²) in [7, 11) is 0. The Bertz CT molecular complexity index is 342. The molecule has 0 radical (unpaired) electrons. The molecule has 0 amide bonds. The van der Waals surface area contributed by atoms with Gasteiger partial charge < -0.3 is 15.1 Å². The largest absolute Gasteiger partial charge is 0.465 e. The lowest BCUT2D eigenvalue weighted by molar-refractivity contribution is 0.129. The van der Waals surface area contributed by atoms with E-state index in [1.165, 1.54) is 0 Å². The van der Waals surface area contributed by atoms with E-state index in [9.17, 15) is 0 Å². The second kappa shape index (κ2) is 5.67. The van der Waals surface area contributed by atoms with Crippen LogP contribution in [0.15, 0.2) is 16.5 Å². The van der Waals surface area contributed by atoms with Crippen molar-refractivity contribution in [2.24, 2.45) is 5.73 Å². The molecule has 0 bridgehead atoms. The predicted octanol–water partition coefficient (Wildman–Crippen LogP) is 1.23. The van der Waals surface area contributed by atoms with Crippen molar-refractivity contribution in [2.45, 2.75) is 19.9 Å². The highest BCUT2D eigenvalue weighted by Gasteiger charge is 2.19. The summed E-state index contributed by atoms with van der Waals surface area (Å²) >= 11 is 0. The van der Waals surface area contributed by atoms with Crippen molar-refractivity contribution in [1.29, 1.82) is 0 Å². The zero-order chi connectivity index (χ0) is 12.3. The third-order valence-corrected chi connectivity index (χ3v) is 3.49. The van der Waals surface area contributed by atoms with E-state index in [1.807, 2.05) is 19.1 Å². The van der Waals surface area contributed by atoms with Crippen molar-refractivity contribution in [3.63, 3.8) is 0 Å². The molecule has 2 N–H and O–H groups in total. The van der Waals surface area contributed by atoms with E-state index in [4.69, 9.17) is 10.2 Å². The third-order valence-electron chi connectivity index (χ3n) is 3.49. The van der Waals surface area contributed by atoms with Crippen LogP contribution >= 0.6 is 0 Å². The van der Waals surface area contributed by atoms with Gasteiger partial charge in [0.05, 0.1) is 6.04 Å². The van der Waals surface area contributed by atoms with Gasteiger partial charge in [0.25, 0.3) is 0 Å². The summed E-state index contributed by atoms with van der Waals surface area (Å²) < 4.78 is 5.57. The molecule has 1 aromatic rings. The smallest absolute Gasteiger partial charge is 0.122 e. The van der Waals surface area contributed by atoms with Crippen LogP contribution < -0.4 is 5.73 Å². The van der Waals surface area contributed by atoms with Gasteiger partial charge in [0.15, 0.2) is 0 Å². The van der Waals surface area contributed by atoms with Crippen molar-refractivity contribution in [3.05, 3.63) is 23.7 Å². The molecule has 1 unspecified atom stereocenters. The third kappa shape index (κ3) is 3.31. The number of piperazine rings is 1. The molecule has 2 rings (SSSR count). The Morgan fingerprint density at radius 1 is 1.24 bits per heavy atom. The van der Waals surface area contributed by atoms with Crippen molar-refractivity contribution in [3.8, 4) is 0 Å². The second-order valence-electron chi connectivity index (χ2n) is 4.79. The van der Waals surface area contributed by atoms with Crippen molar-refractivity contribution < 1.29 is 4.42 Å². The van der Waals surface area contributed by atoms with Crippen LogP contribution in [0.5, 0.6) is 0 Å². The Labute approximate surface area is 103 Å². The van der Waals surface area contributed by atoms with Crippen LogP contribution in [0.3, 0.4) is 0 Å².